The van der Waals surface area contributed by atoms with Crippen LogP contribution in [0.25, 0.3) is 4.85 Å². The van der Waals surface area contributed by atoms with Gasteiger partial charge in [-0.25, -0.2) is 0 Å². The minimum Gasteiger partial charge on any atom is -0.310 e. The molecule has 16 heavy (non-hydrogen) atoms. The van der Waals surface area contributed by atoms with E-state index in [0.29, 0.717) is 0 Å². The van der Waals surface area contributed by atoms with Gasteiger partial charge in [0.05, 0.1) is 22.2 Å². The third kappa shape index (κ3) is 2.29. The molecule has 0 aliphatic carbocycles. The molecule has 0 unspecified atom stereocenters. The Labute approximate surface area is 98.4 Å². The van der Waals surface area contributed by atoms with Gasteiger partial charge in [0.1, 0.15) is 0 Å². The Morgan fingerprint density at radius 2 is 1.88 bits per heavy atom. The maximum absolute atomic E-state index is 12.5. The molecule has 2 nitrogen and oxygen atoms in total. The molecular formula is C9H2Cl2F3NO. The topological polar surface area (TPSA) is 21.4 Å². The van der Waals surface area contributed by atoms with Crippen molar-refractivity contribution in [3.8, 4) is 0 Å². The van der Waals surface area contributed by atoms with Crippen molar-refractivity contribution in [3.63, 3.8) is 0 Å². The minimum atomic E-state index is -4.77. The fraction of sp³-hybridized carbons (Fsp3) is 0.111. The van der Waals surface area contributed by atoms with Gasteiger partial charge in [0.15, 0.2) is 0 Å². The number of nitrogens with zero attached hydrogens (tertiary/aromatic N) is 1. The summed E-state index contributed by atoms with van der Waals surface area (Å²) in [5.41, 5.74) is -1.81. The Kier molecular flexibility index (Phi) is 3.46. The van der Waals surface area contributed by atoms with Crippen LogP contribution in [-0.4, -0.2) is 5.91 Å². The number of alkyl halides is 3. The number of halogens is 5. The van der Waals surface area contributed by atoms with Gasteiger partial charge in [0, 0.05) is 5.56 Å². The molecular weight excluding hydrogens is 266 g/mol. The molecule has 1 aromatic carbocycles. The first-order valence-corrected chi connectivity index (χ1v) is 4.51. The van der Waals surface area contributed by atoms with Gasteiger partial charge in [-0.3, -0.25) is 0 Å². The molecule has 0 N–H and O–H groups in total. The van der Waals surface area contributed by atoms with Gasteiger partial charge in [0.2, 0.25) is 0 Å². The second-order valence-electron chi connectivity index (χ2n) is 2.70. The average molecular weight is 268 g/mol. The Morgan fingerprint density at radius 1 is 1.31 bits per heavy atom. The number of carbonyl (C=O) groups is 1. The monoisotopic (exact) mass is 267 g/mol. The van der Waals surface area contributed by atoms with Crippen LogP contribution in [0, 0.1) is 6.57 Å². The lowest BCUT2D eigenvalue weighted by Gasteiger charge is -2.12. The van der Waals surface area contributed by atoms with Crippen molar-refractivity contribution in [3.05, 3.63) is 44.7 Å². The third-order valence-corrected chi connectivity index (χ3v) is 2.41. The number of rotatable bonds is 1. The lowest BCUT2D eigenvalue weighted by atomic mass is 10.1. The van der Waals surface area contributed by atoms with Crippen molar-refractivity contribution in [1.29, 1.82) is 0 Å². The number of hydrogen-bond acceptors (Lipinski definition) is 1. The Morgan fingerprint density at radius 3 is 2.31 bits per heavy atom. The molecule has 1 rings (SSSR count). The molecule has 1 aromatic rings. The zero-order chi connectivity index (χ0) is 12.5. The molecule has 0 bridgehead atoms. The quantitative estimate of drug-likeness (QED) is 0.703. The van der Waals surface area contributed by atoms with Crippen LogP contribution in [0.5, 0.6) is 0 Å². The first kappa shape index (κ1) is 12.8. The standard InChI is InChI=1S/C9H2Cl2F3NO/c1-15-8(16)4-2-3-5(10)6(7(4)11)9(12,13)14/h2-3H. The SMILES string of the molecule is [C-]#[N+]C(=O)c1ccc(Cl)c(C(F)(F)F)c1Cl. The van der Waals surface area contributed by atoms with Crippen LogP contribution in [-0.2, 0) is 6.18 Å². The van der Waals surface area contributed by atoms with E-state index in [1.165, 1.54) is 0 Å². The van der Waals surface area contributed by atoms with Crippen LogP contribution in [0.4, 0.5) is 13.2 Å². The predicted octanol–water partition coefficient (Wildman–Crippen LogP) is 4.07. The molecule has 0 spiro atoms. The summed E-state index contributed by atoms with van der Waals surface area (Å²) in [4.78, 5) is 13.5. The Bertz CT molecular complexity index is 491. The molecule has 0 atom stereocenters. The van der Waals surface area contributed by atoms with Crippen molar-refractivity contribution in [1.82, 2.24) is 0 Å². The fourth-order valence-corrected chi connectivity index (χ4v) is 1.70. The van der Waals surface area contributed by atoms with E-state index in [2.05, 4.69) is 4.85 Å². The molecule has 0 aliphatic heterocycles. The highest BCUT2D eigenvalue weighted by Gasteiger charge is 2.37. The van der Waals surface area contributed by atoms with Gasteiger partial charge in [0.25, 0.3) is 0 Å². The number of amides is 1. The van der Waals surface area contributed by atoms with Crippen LogP contribution < -0.4 is 0 Å². The van der Waals surface area contributed by atoms with Gasteiger partial charge >= 0.3 is 12.1 Å². The van der Waals surface area contributed by atoms with Crippen molar-refractivity contribution >= 4 is 29.1 Å². The van der Waals surface area contributed by atoms with Gasteiger partial charge in [-0.2, -0.15) is 18.0 Å². The summed E-state index contributed by atoms with van der Waals surface area (Å²) in [7, 11) is 0. The van der Waals surface area contributed by atoms with Crippen LogP contribution in [0.1, 0.15) is 15.9 Å². The van der Waals surface area contributed by atoms with Crippen LogP contribution in [0.3, 0.4) is 0 Å². The van der Waals surface area contributed by atoms with E-state index >= 15 is 0 Å². The highest BCUT2D eigenvalue weighted by molar-refractivity contribution is 6.38. The van der Waals surface area contributed by atoms with E-state index in [9.17, 15) is 18.0 Å². The van der Waals surface area contributed by atoms with E-state index in [1.54, 1.807) is 0 Å². The van der Waals surface area contributed by atoms with Crippen LogP contribution >= 0.6 is 23.2 Å². The summed E-state index contributed by atoms with van der Waals surface area (Å²) >= 11 is 10.7. The predicted molar refractivity (Wildman–Crippen MR) is 52.4 cm³/mol. The lowest BCUT2D eigenvalue weighted by Crippen LogP contribution is -2.09. The summed E-state index contributed by atoms with van der Waals surface area (Å²) in [5.74, 6) is -1.16. The maximum Gasteiger partial charge on any atom is 0.419 e. The number of benzene rings is 1. The summed E-state index contributed by atoms with van der Waals surface area (Å²) in [5, 5.41) is -1.46. The zero-order valence-electron chi connectivity index (χ0n) is 7.40. The maximum atomic E-state index is 12.5. The number of carbonyl (C=O) groups excluding carboxylic acids is 1. The van der Waals surface area contributed by atoms with Gasteiger partial charge in [-0.05, 0) is 6.07 Å². The molecule has 0 radical (unpaired) electrons. The molecule has 0 saturated carbocycles. The lowest BCUT2D eigenvalue weighted by molar-refractivity contribution is -0.137. The second-order valence-corrected chi connectivity index (χ2v) is 3.48. The largest absolute Gasteiger partial charge is 0.419 e. The summed E-state index contributed by atoms with van der Waals surface area (Å²) in [6, 6.07) is 1.87. The first-order chi connectivity index (χ1) is 7.29. The van der Waals surface area contributed by atoms with Crippen molar-refractivity contribution in [2.45, 2.75) is 6.18 Å². The summed E-state index contributed by atoms with van der Waals surface area (Å²) in [6.07, 6.45) is -4.77. The van der Waals surface area contributed by atoms with E-state index in [0.717, 1.165) is 12.1 Å². The molecule has 0 heterocycles. The molecule has 0 fully saturated rings. The van der Waals surface area contributed by atoms with E-state index in [1.807, 2.05) is 0 Å². The molecule has 7 heteroatoms. The van der Waals surface area contributed by atoms with Crippen LogP contribution in [0.2, 0.25) is 10.0 Å². The Hall–Kier alpha value is -1.25. The Balaban J connectivity index is 3.52. The highest BCUT2D eigenvalue weighted by Crippen LogP contribution is 2.41. The molecule has 0 saturated heterocycles. The molecule has 1 amide bonds. The van der Waals surface area contributed by atoms with Crippen molar-refractivity contribution in [2.75, 3.05) is 0 Å². The van der Waals surface area contributed by atoms with Crippen LogP contribution in [0.15, 0.2) is 12.1 Å². The highest BCUT2D eigenvalue weighted by atomic mass is 35.5. The minimum absolute atomic E-state index is 0.506. The zero-order valence-corrected chi connectivity index (χ0v) is 8.91. The van der Waals surface area contributed by atoms with E-state index in [-0.39, 0.29) is 0 Å². The summed E-state index contributed by atoms with van der Waals surface area (Å²) in [6.45, 7) is 6.43. The van der Waals surface area contributed by atoms with E-state index < -0.39 is 33.3 Å². The van der Waals surface area contributed by atoms with E-state index in [4.69, 9.17) is 29.8 Å². The first-order valence-electron chi connectivity index (χ1n) is 3.76. The smallest absolute Gasteiger partial charge is 0.310 e. The molecule has 84 valence electrons. The van der Waals surface area contributed by atoms with Gasteiger partial charge in [-0.15, -0.1) is 0 Å². The van der Waals surface area contributed by atoms with Gasteiger partial charge < -0.3 is 4.79 Å². The normalized spacial score (nSPS) is 11.0. The summed E-state index contributed by atoms with van der Waals surface area (Å²) < 4.78 is 37.5. The average Bonchev–Trinajstić information content (AvgIpc) is 2.14. The van der Waals surface area contributed by atoms with Gasteiger partial charge in [-0.1, -0.05) is 29.3 Å². The molecule has 0 aliphatic rings. The van der Waals surface area contributed by atoms with Crippen molar-refractivity contribution in [2.24, 2.45) is 0 Å². The second kappa shape index (κ2) is 4.32. The number of hydrogen-bond donors (Lipinski definition) is 0. The third-order valence-electron chi connectivity index (χ3n) is 1.71. The van der Waals surface area contributed by atoms with Crippen molar-refractivity contribution < 1.29 is 18.0 Å². The fourth-order valence-electron chi connectivity index (χ4n) is 1.04. The molecule has 0 aromatic heterocycles.